The highest BCUT2D eigenvalue weighted by Crippen LogP contribution is 2.17. The molecule has 9 heteroatoms. The Balaban J connectivity index is 1.23. The molecule has 0 saturated carbocycles. The Bertz CT molecular complexity index is 950. The molecule has 0 aromatic carbocycles. The number of amides is 1. The van der Waals surface area contributed by atoms with Crippen molar-refractivity contribution in [3.8, 4) is 5.75 Å². The highest BCUT2D eigenvalue weighted by atomic mass is 35.5. The summed E-state index contributed by atoms with van der Waals surface area (Å²) in [6.45, 7) is 1.97. The number of imidazole rings is 1. The van der Waals surface area contributed by atoms with Crippen LogP contribution in [0, 0.1) is 0 Å². The number of rotatable bonds is 7. The molecule has 4 heterocycles. The first-order valence-electron chi connectivity index (χ1n) is 9.30. The average molecular weight is 433 g/mol. The molecule has 0 bridgehead atoms. The standard InChI is InChI=1S/C20H21ClN4O3S/c21-15-7-17(9-22-8-15)28-12-18-11-25(5-6-27-18)20(26)14-29-13-16-10-24-4-2-1-3-19(24)23-16/h1-4,7-10,18H,5-6,11-14H2. The second kappa shape index (κ2) is 9.47. The number of thioether (sulfide) groups is 1. The zero-order chi connectivity index (χ0) is 20.1. The normalized spacial score (nSPS) is 16.9. The Morgan fingerprint density at radius 1 is 1.38 bits per heavy atom. The van der Waals surface area contributed by atoms with Crippen molar-refractivity contribution in [1.82, 2.24) is 19.3 Å². The smallest absolute Gasteiger partial charge is 0.232 e. The van der Waals surface area contributed by atoms with E-state index in [1.54, 1.807) is 30.2 Å². The zero-order valence-corrected chi connectivity index (χ0v) is 17.3. The van der Waals surface area contributed by atoms with Crippen molar-refractivity contribution in [1.29, 1.82) is 0 Å². The van der Waals surface area contributed by atoms with Gasteiger partial charge in [-0.15, -0.1) is 11.8 Å². The molecule has 3 aromatic rings. The number of halogens is 1. The van der Waals surface area contributed by atoms with Crippen molar-refractivity contribution in [2.75, 3.05) is 32.1 Å². The minimum Gasteiger partial charge on any atom is -0.489 e. The quantitative estimate of drug-likeness (QED) is 0.571. The highest BCUT2D eigenvalue weighted by Gasteiger charge is 2.24. The van der Waals surface area contributed by atoms with Gasteiger partial charge in [0.1, 0.15) is 24.1 Å². The largest absolute Gasteiger partial charge is 0.489 e. The molecule has 1 fully saturated rings. The lowest BCUT2D eigenvalue weighted by Crippen LogP contribution is -2.48. The fourth-order valence-electron chi connectivity index (χ4n) is 3.10. The van der Waals surface area contributed by atoms with Crippen LogP contribution in [0.3, 0.4) is 0 Å². The van der Waals surface area contributed by atoms with E-state index >= 15 is 0 Å². The van der Waals surface area contributed by atoms with Gasteiger partial charge in [-0.25, -0.2) is 4.98 Å². The molecule has 1 aliphatic rings. The number of ether oxygens (including phenoxy) is 2. The zero-order valence-electron chi connectivity index (χ0n) is 15.7. The summed E-state index contributed by atoms with van der Waals surface area (Å²) in [7, 11) is 0. The fraction of sp³-hybridized carbons (Fsp3) is 0.350. The van der Waals surface area contributed by atoms with Gasteiger partial charge in [0.05, 0.1) is 35.8 Å². The maximum absolute atomic E-state index is 12.6. The molecular weight excluding hydrogens is 412 g/mol. The molecular formula is C20H21ClN4O3S. The predicted molar refractivity (Wildman–Crippen MR) is 112 cm³/mol. The Hall–Kier alpha value is -2.29. The predicted octanol–water partition coefficient (Wildman–Crippen LogP) is 2.92. The number of hydrogen-bond donors (Lipinski definition) is 0. The minimum atomic E-state index is -0.171. The van der Waals surface area contributed by atoms with Gasteiger partial charge in [-0.05, 0) is 12.1 Å². The van der Waals surface area contributed by atoms with E-state index in [2.05, 4.69) is 9.97 Å². The van der Waals surface area contributed by atoms with E-state index in [-0.39, 0.29) is 12.0 Å². The van der Waals surface area contributed by atoms with Crippen molar-refractivity contribution >= 4 is 34.9 Å². The second-order valence-electron chi connectivity index (χ2n) is 6.67. The van der Waals surface area contributed by atoms with Crippen molar-refractivity contribution < 1.29 is 14.3 Å². The van der Waals surface area contributed by atoms with Crippen LogP contribution in [0.2, 0.25) is 5.02 Å². The summed E-state index contributed by atoms with van der Waals surface area (Å²) >= 11 is 7.49. The Kier molecular flexibility index (Phi) is 6.53. The number of nitrogens with zero attached hydrogens (tertiary/aromatic N) is 4. The van der Waals surface area contributed by atoms with Crippen LogP contribution < -0.4 is 4.74 Å². The van der Waals surface area contributed by atoms with Crippen molar-refractivity contribution in [2.45, 2.75) is 11.9 Å². The molecule has 3 aromatic heterocycles. The molecule has 1 saturated heterocycles. The molecule has 0 aliphatic carbocycles. The van der Waals surface area contributed by atoms with Gasteiger partial charge < -0.3 is 18.8 Å². The maximum Gasteiger partial charge on any atom is 0.232 e. The lowest BCUT2D eigenvalue weighted by atomic mass is 10.3. The van der Waals surface area contributed by atoms with Gasteiger partial charge in [0.2, 0.25) is 5.91 Å². The van der Waals surface area contributed by atoms with Crippen LogP contribution in [0.15, 0.2) is 49.1 Å². The summed E-state index contributed by atoms with van der Waals surface area (Å²) in [5.41, 5.74) is 1.89. The van der Waals surface area contributed by atoms with Crippen LogP contribution in [-0.2, 0) is 15.3 Å². The molecule has 0 N–H and O–H groups in total. The lowest BCUT2D eigenvalue weighted by Gasteiger charge is -2.32. The molecule has 0 spiro atoms. The third-order valence-corrected chi connectivity index (χ3v) is 5.65. The van der Waals surface area contributed by atoms with Gasteiger partial charge in [0, 0.05) is 37.0 Å². The van der Waals surface area contributed by atoms with Crippen LogP contribution in [-0.4, -0.2) is 63.3 Å². The minimum absolute atomic E-state index is 0.108. The van der Waals surface area contributed by atoms with E-state index in [1.807, 2.05) is 39.9 Å². The van der Waals surface area contributed by atoms with Crippen LogP contribution in [0.1, 0.15) is 5.69 Å². The number of carbonyl (C=O) groups is 1. The van der Waals surface area contributed by atoms with Crippen molar-refractivity contribution in [3.63, 3.8) is 0 Å². The average Bonchev–Trinajstić information content (AvgIpc) is 3.15. The Morgan fingerprint density at radius 3 is 3.17 bits per heavy atom. The third-order valence-electron chi connectivity index (χ3n) is 4.50. The SMILES string of the molecule is O=C(CSCc1cn2ccccc2n1)N1CCOC(COc2cncc(Cl)c2)C1. The van der Waals surface area contributed by atoms with E-state index in [0.717, 1.165) is 11.3 Å². The van der Waals surface area contributed by atoms with Gasteiger partial charge >= 0.3 is 0 Å². The molecule has 1 atom stereocenters. The van der Waals surface area contributed by atoms with Crippen molar-refractivity contribution in [3.05, 3.63) is 59.8 Å². The van der Waals surface area contributed by atoms with Gasteiger partial charge in [-0.1, -0.05) is 17.7 Å². The molecule has 4 rings (SSSR count). The first kappa shape index (κ1) is 20.0. The van der Waals surface area contributed by atoms with E-state index < -0.39 is 0 Å². The number of carbonyl (C=O) groups excluding carboxylic acids is 1. The topological polar surface area (TPSA) is 69.0 Å². The van der Waals surface area contributed by atoms with Crippen LogP contribution >= 0.6 is 23.4 Å². The Labute approximate surface area is 178 Å². The van der Waals surface area contributed by atoms with E-state index in [0.29, 0.717) is 48.6 Å². The van der Waals surface area contributed by atoms with Gasteiger partial charge in [-0.2, -0.15) is 0 Å². The summed E-state index contributed by atoms with van der Waals surface area (Å²) in [5, 5.41) is 0.520. The second-order valence-corrected chi connectivity index (χ2v) is 8.10. The number of morpholine rings is 1. The van der Waals surface area contributed by atoms with E-state index in [4.69, 9.17) is 21.1 Å². The summed E-state index contributed by atoms with van der Waals surface area (Å²) in [5.74, 6) is 1.81. The van der Waals surface area contributed by atoms with Crippen LogP contribution in [0.4, 0.5) is 0 Å². The van der Waals surface area contributed by atoms with Gasteiger partial charge in [0.25, 0.3) is 0 Å². The summed E-state index contributed by atoms with van der Waals surface area (Å²) in [6.07, 6.45) is 6.95. The lowest BCUT2D eigenvalue weighted by molar-refractivity contribution is -0.137. The number of pyridine rings is 2. The van der Waals surface area contributed by atoms with E-state index in [1.165, 1.54) is 0 Å². The number of fused-ring (bicyclic) bond motifs is 1. The molecule has 1 unspecified atom stereocenters. The monoisotopic (exact) mass is 432 g/mol. The van der Waals surface area contributed by atoms with Gasteiger partial charge in [-0.3, -0.25) is 9.78 Å². The third kappa shape index (κ3) is 5.41. The molecule has 29 heavy (non-hydrogen) atoms. The van der Waals surface area contributed by atoms with E-state index in [9.17, 15) is 4.79 Å². The molecule has 1 amide bonds. The van der Waals surface area contributed by atoms with Gasteiger partial charge in [0.15, 0.2) is 0 Å². The summed E-state index contributed by atoms with van der Waals surface area (Å²) in [6, 6.07) is 7.60. The maximum atomic E-state index is 12.6. The first-order chi connectivity index (χ1) is 14.2. The molecule has 152 valence electrons. The number of aromatic nitrogens is 3. The van der Waals surface area contributed by atoms with Crippen LogP contribution in [0.5, 0.6) is 5.75 Å². The highest BCUT2D eigenvalue weighted by molar-refractivity contribution is 7.99. The first-order valence-corrected chi connectivity index (χ1v) is 10.8. The summed E-state index contributed by atoms with van der Waals surface area (Å²) < 4.78 is 13.4. The van der Waals surface area contributed by atoms with Crippen molar-refractivity contribution in [2.24, 2.45) is 0 Å². The fourth-order valence-corrected chi connectivity index (χ4v) is 4.07. The number of hydrogen-bond acceptors (Lipinski definition) is 6. The molecule has 7 nitrogen and oxygen atoms in total. The van der Waals surface area contributed by atoms with Crippen LogP contribution in [0.25, 0.3) is 5.65 Å². The molecule has 0 radical (unpaired) electrons. The summed E-state index contributed by atoms with van der Waals surface area (Å²) in [4.78, 5) is 23.0. The molecule has 1 aliphatic heterocycles. The Morgan fingerprint density at radius 2 is 2.31 bits per heavy atom.